The van der Waals surface area contributed by atoms with Crippen LogP contribution in [0.25, 0.3) is 0 Å². The lowest BCUT2D eigenvalue weighted by Gasteiger charge is -2.40. The van der Waals surface area contributed by atoms with Gasteiger partial charge in [0.05, 0.1) is 6.61 Å². The molecule has 63 heavy (non-hydrogen) atoms. The molecule has 0 aliphatic carbocycles. The van der Waals surface area contributed by atoms with E-state index < -0.39 is 54.6 Å². The second-order valence-electron chi connectivity index (χ2n) is 16.5. The standard InChI is InChI=1S/C51H84O12/c1-6-8-10-12-14-16-18-20-22-24-26-28-30-32-34-36-48(55)58-39-45(62-49(56)37-35-33-31-29-27-25-23-21-19-17-15-13-11-9-7-2)40-59-50-38-46(60-43(4)53)51(61-44(5)54)47(63-50)41-57-42(3)52/h14-17,20-23,45-47,50-51H,6-13,18-19,24-41H2,1-5H3/b16-14-,17-15-,22-20-,23-21-/t45-,46?,47-,50-,51?/m1/s1. The molecule has 0 amide bonds. The van der Waals surface area contributed by atoms with Gasteiger partial charge in [0.25, 0.3) is 0 Å². The molecule has 0 N–H and O–H groups in total. The SMILES string of the molecule is CCCCC/C=C\C/C=C\CCCCCCCC(=O)OC[C@H](CO[C@H]1CC(OC(C)=O)C(OC(C)=O)[C@@H](COC(C)=O)O1)OC(=O)CCCCCCC/C=C\C/C=C\CCCCC. The molecule has 1 heterocycles. The van der Waals surface area contributed by atoms with Crippen molar-refractivity contribution in [3.63, 3.8) is 0 Å². The van der Waals surface area contributed by atoms with Crippen LogP contribution in [0.1, 0.15) is 195 Å². The minimum Gasteiger partial charge on any atom is -0.463 e. The number of hydrogen-bond acceptors (Lipinski definition) is 12. The fourth-order valence-corrected chi connectivity index (χ4v) is 7.00. The van der Waals surface area contributed by atoms with E-state index in [0.29, 0.717) is 12.8 Å². The van der Waals surface area contributed by atoms with E-state index in [1.165, 1.54) is 59.3 Å². The van der Waals surface area contributed by atoms with E-state index in [9.17, 15) is 24.0 Å². The van der Waals surface area contributed by atoms with Crippen molar-refractivity contribution in [2.75, 3.05) is 19.8 Å². The predicted molar refractivity (Wildman–Crippen MR) is 247 cm³/mol. The molecule has 1 rings (SSSR count). The highest BCUT2D eigenvalue weighted by molar-refractivity contribution is 5.70. The van der Waals surface area contributed by atoms with Crippen molar-refractivity contribution in [1.29, 1.82) is 0 Å². The van der Waals surface area contributed by atoms with E-state index in [-0.39, 0.29) is 45.1 Å². The average molecular weight is 889 g/mol. The molecule has 0 aromatic heterocycles. The molecule has 12 heteroatoms. The molecular weight excluding hydrogens is 805 g/mol. The van der Waals surface area contributed by atoms with Gasteiger partial charge < -0.3 is 33.2 Å². The average Bonchev–Trinajstić information content (AvgIpc) is 3.24. The third kappa shape index (κ3) is 34.3. The minimum atomic E-state index is -1.06. The van der Waals surface area contributed by atoms with E-state index in [2.05, 4.69) is 62.5 Å². The van der Waals surface area contributed by atoms with Crippen LogP contribution in [0.4, 0.5) is 0 Å². The summed E-state index contributed by atoms with van der Waals surface area (Å²) in [4.78, 5) is 61.3. The van der Waals surface area contributed by atoms with Crippen LogP contribution in [0.2, 0.25) is 0 Å². The largest absolute Gasteiger partial charge is 0.463 e. The van der Waals surface area contributed by atoms with Crippen LogP contribution in [0.15, 0.2) is 48.6 Å². The highest BCUT2D eigenvalue weighted by atomic mass is 16.7. The van der Waals surface area contributed by atoms with Crippen molar-refractivity contribution in [2.24, 2.45) is 0 Å². The van der Waals surface area contributed by atoms with E-state index in [1.807, 2.05) is 0 Å². The van der Waals surface area contributed by atoms with Crippen LogP contribution < -0.4 is 0 Å². The van der Waals surface area contributed by atoms with Crippen LogP contribution in [0.3, 0.4) is 0 Å². The maximum Gasteiger partial charge on any atom is 0.306 e. The Hall–Kier alpha value is -3.77. The third-order valence-corrected chi connectivity index (χ3v) is 10.4. The molecule has 1 aliphatic heterocycles. The summed E-state index contributed by atoms with van der Waals surface area (Å²) in [6.45, 7) is 7.41. The molecule has 0 bridgehead atoms. The van der Waals surface area contributed by atoms with E-state index >= 15 is 0 Å². The summed E-state index contributed by atoms with van der Waals surface area (Å²) in [5.74, 6) is -2.63. The van der Waals surface area contributed by atoms with Gasteiger partial charge in [-0.05, 0) is 77.0 Å². The Morgan fingerprint density at radius 1 is 0.540 bits per heavy atom. The van der Waals surface area contributed by atoms with Crippen molar-refractivity contribution in [3.05, 3.63) is 48.6 Å². The molecule has 1 fully saturated rings. The highest BCUT2D eigenvalue weighted by Gasteiger charge is 2.44. The number of carbonyl (C=O) groups excluding carboxylic acids is 5. The van der Waals surface area contributed by atoms with Crippen LogP contribution >= 0.6 is 0 Å². The van der Waals surface area contributed by atoms with E-state index in [0.717, 1.165) is 89.9 Å². The molecule has 1 saturated heterocycles. The molecule has 0 spiro atoms. The second-order valence-corrected chi connectivity index (χ2v) is 16.5. The Balaban J connectivity index is 2.65. The summed E-state index contributed by atoms with van der Waals surface area (Å²) in [6.07, 6.45) is 37.0. The Labute approximate surface area is 380 Å². The number of esters is 5. The molecule has 0 saturated carbocycles. The summed E-state index contributed by atoms with van der Waals surface area (Å²) >= 11 is 0. The van der Waals surface area contributed by atoms with E-state index in [4.69, 9.17) is 33.2 Å². The number of hydrogen-bond donors (Lipinski definition) is 0. The van der Waals surface area contributed by atoms with Crippen molar-refractivity contribution >= 4 is 29.8 Å². The van der Waals surface area contributed by atoms with Crippen molar-refractivity contribution in [2.45, 2.75) is 226 Å². The number of rotatable bonds is 38. The quantitative estimate of drug-likeness (QED) is 0.0251. The zero-order valence-corrected chi connectivity index (χ0v) is 39.7. The lowest BCUT2D eigenvalue weighted by atomic mass is 10.0. The smallest absolute Gasteiger partial charge is 0.306 e. The summed E-state index contributed by atoms with van der Waals surface area (Å²) < 4.78 is 39.4. The molecule has 0 radical (unpaired) electrons. The van der Waals surface area contributed by atoms with Crippen LogP contribution in [-0.4, -0.2) is 80.4 Å². The van der Waals surface area contributed by atoms with Gasteiger partial charge in [-0.2, -0.15) is 0 Å². The maximum atomic E-state index is 13.0. The van der Waals surface area contributed by atoms with Gasteiger partial charge in [-0.25, -0.2) is 0 Å². The monoisotopic (exact) mass is 889 g/mol. The van der Waals surface area contributed by atoms with Gasteiger partial charge in [-0.1, -0.05) is 127 Å². The van der Waals surface area contributed by atoms with Crippen molar-refractivity contribution in [1.82, 2.24) is 0 Å². The highest BCUT2D eigenvalue weighted by Crippen LogP contribution is 2.27. The first kappa shape index (κ1) is 57.2. The topological polar surface area (TPSA) is 150 Å². The molecule has 360 valence electrons. The fraction of sp³-hybridized carbons (Fsp3) is 0.745. The molecule has 5 atom stereocenters. The van der Waals surface area contributed by atoms with Crippen LogP contribution in [0.5, 0.6) is 0 Å². The van der Waals surface area contributed by atoms with Gasteiger partial charge in [-0.15, -0.1) is 0 Å². The molecule has 1 aliphatic rings. The Kier molecular flexibility index (Phi) is 36.2. The molecule has 12 nitrogen and oxygen atoms in total. The zero-order valence-electron chi connectivity index (χ0n) is 39.7. The lowest BCUT2D eigenvalue weighted by molar-refractivity contribution is -0.271. The summed E-state index contributed by atoms with van der Waals surface area (Å²) in [7, 11) is 0. The first-order valence-electron chi connectivity index (χ1n) is 24.3. The van der Waals surface area contributed by atoms with Gasteiger partial charge >= 0.3 is 29.8 Å². The first-order chi connectivity index (χ1) is 30.5. The number of ether oxygens (including phenoxy) is 7. The predicted octanol–water partition coefficient (Wildman–Crippen LogP) is 11.6. The van der Waals surface area contributed by atoms with Gasteiger partial charge in [0, 0.05) is 40.0 Å². The second kappa shape index (κ2) is 39.8. The number of allylic oxidation sites excluding steroid dienone is 8. The Morgan fingerprint density at radius 3 is 1.51 bits per heavy atom. The van der Waals surface area contributed by atoms with Gasteiger partial charge in [0.1, 0.15) is 25.4 Å². The fourth-order valence-electron chi connectivity index (χ4n) is 7.00. The van der Waals surface area contributed by atoms with Gasteiger partial charge in [-0.3, -0.25) is 24.0 Å². The number of unbranched alkanes of at least 4 members (excludes halogenated alkanes) is 16. The van der Waals surface area contributed by atoms with E-state index in [1.54, 1.807) is 0 Å². The van der Waals surface area contributed by atoms with Crippen molar-refractivity contribution in [3.8, 4) is 0 Å². The summed E-state index contributed by atoms with van der Waals surface area (Å²) in [5.41, 5.74) is 0. The van der Waals surface area contributed by atoms with Crippen LogP contribution in [0, 0.1) is 0 Å². The maximum absolute atomic E-state index is 13.0. The zero-order chi connectivity index (χ0) is 46.2. The van der Waals surface area contributed by atoms with Gasteiger partial charge in [0.15, 0.2) is 18.5 Å². The summed E-state index contributed by atoms with van der Waals surface area (Å²) in [5, 5.41) is 0. The molecular formula is C51H84O12. The minimum absolute atomic E-state index is 0.0205. The normalized spacial score (nSPS) is 18.3. The molecule has 0 aromatic carbocycles. The summed E-state index contributed by atoms with van der Waals surface area (Å²) in [6, 6.07) is 0. The number of carbonyl (C=O) groups is 5. The molecule has 2 unspecified atom stereocenters. The lowest BCUT2D eigenvalue weighted by Crippen LogP contribution is -2.54. The molecule has 0 aromatic rings. The van der Waals surface area contributed by atoms with Crippen LogP contribution in [-0.2, 0) is 57.1 Å². The van der Waals surface area contributed by atoms with Gasteiger partial charge in [0.2, 0.25) is 0 Å². The Morgan fingerprint density at radius 2 is 1.02 bits per heavy atom. The Bertz CT molecular complexity index is 1340. The van der Waals surface area contributed by atoms with Crippen molar-refractivity contribution < 1.29 is 57.1 Å². The first-order valence-corrected chi connectivity index (χ1v) is 24.3. The third-order valence-electron chi connectivity index (χ3n) is 10.4.